The van der Waals surface area contributed by atoms with E-state index in [0.717, 1.165) is 0 Å². The number of fused-ring (bicyclic) bond motifs is 1. The van der Waals surface area contributed by atoms with E-state index in [9.17, 15) is 13.6 Å². The third-order valence-corrected chi connectivity index (χ3v) is 4.03. The van der Waals surface area contributed by atoms with E-state index in [1.54, 1.807) is 12.1 Å². The molecule has 3 heterocycles. The van der Waals surface area contributed by atoms with Gasteiger partial charge in [-0.05, 0) is 36.4 Å². The second-order valence-corrected chi connectivity index (χ2v) is 5.85. The van der Waals surface area contributed by atoms with Gasteiger partial charge in [-0.25, -0.2) is 13.8 Å². The summed E-state index contributed by atoms with van der Waals surface area (Å²) in [4.78, 5) is 20.2. The van der Waals surface area contributed by atoms with Crippen LogP contribution >= 0.6 is 0 Å². The zero-order chi connectivity index (χ0) is 19.7. The standard InChI is InChI=1S/C18H13F2N5O3/c19-11-3-1-10(2-4-11)16-13(25-8-12(20)5-6-15(25)23-16)7-14-22-18(28-24-14)17(27)21-9-26/h1-6,8,26H,7,9H2,(H,21,27). The summed E-state index contributed by atoms with van der Waals surface area (Å²) in [6.07, 6.45) is 1.34. The molecule has 0 unspecified atom stereocenters. The molecule has 1 aromatic carbocycles. The lowest BCUT2D eigenvalue weighted by molar-refractivity contribution is 0.0865. The molecule has 3 aromatic heterocycles. The number of rotatable bonds is 5. The van der Waals surface area contributed by atoms with E-state index in [0.29, 0.717) is 22.6 Å². The van der Waals surface area contributed by atoms with Crippen molar-refractivity contribution >= 4 is 11.6 Å². The fourth-order valence-electron chi connectivity index (χ4n) is 2.79. The van der Waals surface area contributed by atoms with E-state index in [-0.39, 0.29) is 18.1 Å². The Hall–Kier alpha value is -3.66. The molecule has 0 fully saturated rings. The van der Waals surface area contributed by atoms with Crippen LogP contribution in [0.3, 0.4) is 0 Å². The summed E-state index contributed by atoms with van der Waals surface area (Å²) < 4.78 is 33.5. The van der Waals surface area contributed by atoms with Crippen LogP contribution in [0.4, 0.5) is 8.78 Å². The molecular weight excluding hydrogens is 372 g/mol. The molecule has 2 N–H and O–H groups in total. The van der Waals surface area contributed by atoms with Crippen LogP contribution in [0.2, 0.25) is 0 Å². The Morgan fingerprint density at radius 2 is 1.86 bits per heavy atom. The molecule has 0 saturated carbocycles. The van der Waals surface area contributed by atoms with Crippen molar-refractivity contribution in [3.63, 3.8) is 0 Å². The molecule has 1 amide bonds. The Morgan fingerprint density at radius 1 is 1.11 bits per heavy atom. The van der Waals surface area contributed by atoms with Gasteiger partial charge in [0.05, 0.1) is 17.8 Å². The third-order valence-electron chi connectivity index (χ3n) is 4.03. The first-order valence-corrected chi connectivity index (χ1v) is 8.19. The van der Waals surface area contributed by atoms with Gasteiger partial charge in [0, 0.05) is 11.8 Å². The van der Waals surface area contributed by atoms with E-state index >= 15 is 0 Å². The number of carbonyl (C=O) groups is 1. The summed E-state index contributed by atoms with van der Waals surface area (Å²) in [6, 6.07) is 8.53. The number of halogens is 2. The number of hydrogen-bond acceptors (Lipinski definition) is 6. The Balaban J connectivity index is 1.78. The maximum absolute atomic E-state index is 13.8. The van der Waals surface area contributed by atoms with Gasteiger partial charge in [-0.15, -0.1) is 0 Å². The number of aromatic nitrogens is 4. The zero-order valence-corrected chi connectivity index (χ0v) is 14.3. The van der Waals surface area contributed by atoms with Gasteiger partial charge in [-0.3, -0.25) is 4.79 Å². The number of hydrogen-bond donors (Lipinski definition) is 2. The van der Waals surface area contributed by atoms with Crippen LogP contribution in [0.15, 0.2) is 47.1 Å². The van der Waals surface area contributed by atoms with Gasteiger partial charge >= 0.3 is 11.8 Å². The Bertz CT molecular complexity index is 1150. The Morgan fingerprint density at radius 3 is 2.61 bits per heavy atom. The number of aliphatic hydroxyl groups excluding tert-OH is 1. The molecule has 0 bridgehead atoms. The van der Waals surface area contributed by atoms with E-state index in [1.165, 1.54) is 34.9 Å². The van der Waals surface area contributed by atoms with Crippen LogP contribution in [0.25, 0.3) is 16.9 Å². The molecule has 0 aliphatic heterocycles. The molecule has 4 rings (SSSR count). The lowest BCUT2D eigenvalue weighted by Gasteiger charge is -2.03. The van der Waals surface area contributed by atoms with Crippen LogP contribution in [0, 0.1) is 11.6 Å². The molecule has 0 radical (unpaired) electrons. The monoisotopic (exact) mass is 385 g/mol. The molecule has 10 heteroatoms. The first-order valence-electron chi connectivity index (χ1n) is 8.19. The number of imidazole rings is 1. The van der Waals surface area contributed by atoms with Crippen LogP contribution in [-0.2, 0) is 6.42 Å². The van der Waals surface area contributed by atoms with E-state index < -0.39 is 24.3 Å². The smallest absolute Gasteiger partial charge is 0.316 e. The topological polar surface area (TPSA) is 106 Å². The SMILES string of the molecule is O=C(NCO)c1nc(Cc2c(-c3ccc(F)cc3)nc3ccc(F)cn23)no1. The lowest BCUT2D eigenvalue weighted by atomic mass is 10.1. The van der Waals surface area contributed by atoms with Crippen LogP contribution in [0.5, 0.6) is 0 Å². The second-order valence-electron chi connectivity index (χ2n) is 5.85. The molecule has 0 atom stereocenters. The number of carbonyl (C=O) groups excluding carboxylic acids is 1. The quantitative estimate of drug-likeness (QED) is 0.509. The molecule has 4 aromatic rings. The van der Waals surface area contributed by atoms with Crippen molar-refractivity contribution in [1.82, 2.24) is 24.8 Å². The average Bonchev–Trinajstić information content (AvgIpc) is 3.28. The molecule has 0 aliphatic rings. The minimum absolute atomic E-state index is 0.0766. The number of benzene rings is 1. The number of pyridine rings is 1. The van der Waals surface area contributed by atoms with Crippen molar-refractivity contribution < 1.29 is 23.2 Å². The van der Waals surface area contributed by atoms with Crippen molar-refractivity contribution in [2.24, 2.45) is 0 Å². The minimum Gasteiger partial charge on any atom is -0.376 e. The van der Waals surface area contributed by atoms with Crippen molar-refractivity contribution in [3.8, 4) is 11.3 Å². The highest BCUT2D eigenvalue weighted by molar-refractivity contribution is 5.89. The summed E-state index contributed by atoms with van der Waals surface area (Å²) in [5.41, 5.74) is 2.15. The summed E-state index contributed by atoms with van der Waals surface area (Å²) in [5, 5.41) is 14.6. The van der Waals surface area contributed by atoms with Gasteiger partial charge in [0.2, 0.25) is 0 Å². The summed E-state index contributed by atoms with van der Waals surface area (Å²) >= 11 is 0. The summed E-state index contributed by atoms with van der Waals surface area (Å²) in [6.45, 7) is -0.572. The molecule has 0 aliphatic carbocycles. The first-order chi connectivity index (χ1) is 13.5. The van der Waals surface area contributed by atoms with Gasteiger partial charge in [0.25, 0.3) is 0 Å². The zero-order valence-electron chi connectivity index (χ0n) is 14.3. The first kappa shape index (κ1) is 17.7. The number of amides is 1. The van der Waals surface area contributed by atoms with E-state index in [1.807, 2.05) is 0 Å². The predicted octanol–water partition coefficient (Wildman–Crippen LogP) is 1.93. The number of nitrogens with zero attached hydrogens (tertiary/aromatic N) is 4. The van der Waals surface area contributed by atoms with Gasteiger partial charge in [-0.1, -0.05) is 5.16 Å². The fourth-order valence-corrected chi connectivity index (χ4v) is 2.79. The highest BCUT2D eigenvalue weighted by atomic mass is 19.1. The largest absolute Gasteiger partial charge is 0.376 e. The van der Waals surface area contributed by atoms with Crippen LogP contribution < -0.4 is 5.32 Å². The molecule has 0 saturated heterocycles. The fraction of sp³-hybridized carbons (Fsp3) is 0.111. The Kier molecular flexibility index (Phi) is 4.53. The normalized spacial score (nSPS) is 11.1. The predicted molar refractivity (Wildman–Crippen MR) is 92.2 cm³/mol. The maximum Gasteiger partial charge on any atom is 0.316 e. The summed E-state index contributed by atoms with van der Waals surface area (Å²) in [7, 11) is 0. The number of nitrogens with one attached hydrogen (secondary N) is 1. The van der Waals surface area contributed by atoms with Crippen molar-refractivity contribution in [2.45, 2.75) is 6.42 Å². The highest BCUT2D eigenvalue weighted by Crippen LogP contribution is 2.26. The number of aliphatic hydroxyl groups is 1. The van der Waals surface area contributed by atoms with Gasteiger partial charge in [0.15, 0.2) is 5.82 Å². The van der Waals surface area contributed by atoms with Crippen molar-refractivity contribution in [1.29, 1.82) is 0 Å². The molecular formula is C18H13F2N5O3. The van der Waals surface area contributed by atoms with Crippen LogP contribution in [-0.4, -0.2) is 37.3 Å². The van der Waals surface area contributed by atoms with Gasteiger partial charge in [0.1, 0.15) is 24.0 Å². The summed E-state index contributed by atoms with van der Waals surface area (Å²) in [5.74, 6) is -1.72. The van der Waals surface area contributed by atoms with Crippen LogP contribution in [0.1, 0.15) is 22.2 Å². The maximum atomic E-state index is 13.8. The minimum atomic E-state index is -0.718. The van der Waals surface area contributed by atoms with Crippen molar-refractivity contribution in [3.05, 3.63) is 71.6 Å². The van der Waals surface area contributed by atoms with Crippen molar-refractivity contribution in [2.75, 3.05) is 6.73 Å². The second kappa shape index (κ2) is 7.16. The lowest BCUT2D eigenvalue weighted by Crippen LogP contribution is -2.24. The molecule has 28 heavy (non-hydrogen) atoms. The van der Waals surface area contributed by atoms with Gasteiger partial charge < -0.3 is 19.3 Å². The molecule has 8 nitrogen and oxygen atoms in total. The molecule has 142 valence electrons. The van der Waals surface area contributed by atoms with Gasteiger partial charge in [-0.2, -0.15) is 4.98 Å². The third kappa shape index (κ3) is 3.32. The highest BCUT2D eigenvalue weighted by Gasteiger charge is 2.20. The Labute approximate surface area is 156 Å². The average molecular weight is 385 g/mol. The van der Waals surface area contributed by atoms with E-state index in [2.05, 4.69) is 20.4 Å². The van der Waals surface area contributed by atoms with E-state index in [4.69, 9.17) is 9.63 Å². The molecule has 0 spiro atoms.